The molecule has 1 fully saturated rings. The molecule has 2 atom stereocenters. The first kappa shape index (κ1) is 14.4. The molecular weight excluding hydrogens is 340 g/mol. The van der Waals surface area contributed by atoms with Crippen molar-refractivity contribution in [3.05, 3.63) is 28.5 Å². The van der Waals surface area contributed by atoms with E-state index in [1.54, 1.807) is 7.11 Å². The summed E-state index contributed by atoms with van der Waals surface area (Å²) in [4.78, 5) is 4.66. The van der Waals surface area contributed by atoms with Gasteiger partial charge in [0.05, 0.1) is 23.0 Å². The lowest BCUT2D eigenvalue weighted by molar-refractivity contribution is -0.112. The number of imidazole rings is 1. The van der Waals surface area contributed by atoms with Crippen LogP contribution >= 0.6 is 27.5 Å². The van der Waals surface area contributed by atoms with E-state index >= 15 is 0 Å². The molecule has 0 radical (unpaired) electrons. The highest BCUT2D eigenvalue weighted by atomic mass is 79.9. The fraction of sp³-hybridized carbons (Fsp3) is 0.533. The highest BCUT2D eigenvalue weighted by Crippen LogP contribution is 2.52. The van der Waals surface area contributed by atoms with Gasteiger partial charge in [0, 0.05) is 23.0 Å². The van der Waals surface area contributed by atoms with Gasteiger partial charge in [-0.25, -0.2) is 4.98 Å². The summed E-state index contributed by atoms with van der Waals surface area (Å²) in [5, 5.41) is 0. The summed E-state index contributed by atoms with van der Waals surface area (Å²) in [6.07, 6.45) is 1.30. The average molecular weight is 358 g/mol. The summed E-state index contributed by atoms with van der Waals surface area (Å²) >= 11 is 9.65. The van der Waals surface area contributed by atoms with Crippen LogP contribution in [0.2, 0.25) is 0 Å². The van der Waals surface area contributed by atoms with E-state index in [0.717, 1.165) is 27.8 Å². The van der Waals surface area contributed by atoms with Gasteiger partial charge in [-0.3, -0.25) is 0 Å². The molecule has 20 heavy (non-hydrogen) atoms. The van der Waals surface area contributed by atoms with Crippen LogP contribution in [0.4, 0.5) is 0 Å². The Balaban J connectivity index is 2.13. The van der Waals surface area contributed by atoms with Crippen LogP contribution in [0, 0.1) is 5.41 Å². The standard InChI is InChI=1S/C15H18BrClN2O/c1-15(2)12(7-13(15)20-3)19-11-6-9(16)4-5-10(11)18-14(19)8-17/h4-6,12-13H,7-8H2,1-3H3. The molecule has 0 spiro atoms. The SMILES string of the molecule is COC1CC(n2c(CCl)nc3ccc(Br)cc32)C1(C)C. The summed E-state index contributed by atoms with van der Waals surface area (Å²) in [5.41, 5.74) is 2.23. The van der Waals surface area contributed by atoms with Crippen LogP contribution in [0.1, 0.15) is 32.1 Å². The van der Waals surface area contributed by atoms with Crippen molar-refractivity contribution in [3.63, 3.8) is 0 Å². The molecule has 0 N–H and O–H groups in total. The van der Waals surface area contributed by atoms with Gasteiger partial charge in [0.2, 0.25) is 0 Å². The maximum absolute atomic E-state index is 6.11. The Morgan fingerprint density at radius 3 is 2.85 bits per heavy atom. The molecule has 1 aliphatic carbocycles. The molecule has 1 aliphatic rings. The van der Waals surface area contributed by atoms with Crippen molar-refractivity contribution in [1.29, 1.82) is 0 Å². The van der Waals surface area contributed by atoms with Crippen molar-refractivity contribution < 1.29 is 4.74 Å². The smallest absolute Gasteiger partial charge is 0.125 e. The molecule has 1 heterocycles. The summed E-state index contributed by atoms with van der Waals surface area (Å²) in [5.74, 6) is 1.36. The van der Waals surface area contributed by atoms with Gasteiger partial charge in [0.25, 0.3) is 0 Å². The number of alkyl halides is 1. The number of aromatic nitrogens is 2. The largest absolute Gasteiger partial charge is 0.381 e. The zero-order chi connectivity index (χ0) is 14.5. The van der Waals surface area contributed by atoms with Crippen molar-refractivity contribution in [2.75, 3.05) is 7.11 Å². The predicted octanol–water partition coefficient (Wildman–Crippen LogP) is 4.52. The van der Waals surface area contributed by atoms with Crippen LogP contribution < -0.4 is 0 Å². The molecular formula is C15H18BrClN2O. The second kappa shape index (κ2) is 5.00. The van der Waals surface area contributed by atoms with Crippen molar-refractivity contribution in [2.45, 2.75) is 38.3 Å². The third-order valence-corrected chi connectivity index (χ3v) is 5.30. The molecule has 0 amide bonds. The Kier molecular flexibility index (Phi) is 3.59. The number of benzene rings is 1. The van der Waals surface area contributed by atoms with Crippen LogP contribution in [-0.2, 0) is 10.6 Å². The van der Waals surface area contributed by atoms with Gasteiger partial charge < -0.3 is 9.30 Å². The molecule has 0 aliphatic heterocycles. The lowest BCUT2D eigenvalue weighted by atomic mass is 9.64. The van der Waals surface area contributed by atoms with E-state index in [9.17, 15) is 0 Å². The van der Waals surface area contributed by atoms with Gasteiger partial charge >= 0.3 is 0 Å². The lowest BCUT2D eigenvalue weighted by Gasteiger charge is -2.52. The number of fused-ring (bicyclic) bond motifs is 1. The topological polar surface area (TPSA) is 27.1 Å². The minimum absolute atomic E-state index is 0.0888. The number of hydrogen-bond acceptors (Lipinski definition) is 2. The number of methoxy groups -OCH3 is 1. The van der Waals surface area contributed by atoms with Crippen LogP contribution in [0.3, 0.4) is 0 Å². The minimum atomic E-state index is 0.0888. The molecule has 0 saturated heterocycles. The summed E-state index contributed by atoms with van der Waals surface area (Å²) < 4.78 is 8.92. The Hall–Kier alpha value is -0.580. The summed E-state index contributed by atoms with van der Waals surface area (Å²) in [6, 6.07) is 6.54. The predicted molar refractivity (Wildman–Crippen MR) is 85.2 cm³/mol. The highest BCUT2D eigenvalue weighted by molar-refractivity contribution is 9.10. The van der Waals surface area contributed by atoms with Crippen LogP contribution in [-0.4, -0.2) is 22.8 Å². The molecule has 3 nitrogen and oxygen atoms in total. The zero-order valence-electron chi connectivity index (χ0n) is 11.9. The second-order valence-corrected chi connectivity index (χ2v) is 7.14. The van der Waals surface area contributed by atoms with Gasteiger partial charge in [-0.2, -0.15) is 0 Å². The van der Waals surface area contributed by atoms with Gasteiger partial charge in [-0.1, -0.05) is 29.8 Å². The molecule has 1 aromatic carbocycles. The van der Waals surface area contributed by atoms with E-state index in [0.29, 0.717) is 18.0 Å². The van der Waals surface area contributed by atoms with Gasteiger partial charge in [0.1, 0.15) is 5.82 Å². The first-order chi connectivity index (χ1) is 9.48. The number of rotatable bonds is 3. The third-order valence-electron chi connectivity index (χ3n) is 4.57. The van der Waals surface area contributed by atoms with Crippen molar-refractivity contribution in [1.82, 2.24) is 9.55 Å². The maximum atomic E-state index is 6.11. The third kappa shape index (κ3) is 2.00. The average Bonchev–Trinajstić information content (AvgIpc) is 2.76. The van der Waals surface area contributed by atoms with Gasteiger partial charge in [-0.05, 0) is 24.6 Å². The minimum Gasteiger partial charge on any atom is -0.381 e. The number of hydrogen-bond donors (Lipinski definition) is 0. The van der Waals surface area contributed by atoms with E-state index in [2.05, 4.69) is 45.4 Å². The Morgan fingerprint density at radius 2 is 2.25 bits per heavy atom. The second-order valence-electron chi connectivity index (χ2n) is 5.96. The Labute approximate surface area is 132 Å². The fourth-order valence-electron chi connectivity index (χ4n) is 3.26. The number of halogens is 2. The van der Waals surface area contributed by atoms with Crippen molar-refractivity contribution in [2.24, 2.45) is 5.41 Å². The zero-order valence-corrected chi connectivity index (χ0v) is 14.2. The van der Waals surface area contributed by atoms with Crippen LogP contribution in [0.5, 0.6) is 0 Å². The van der Waals surface area contributed by atoms with Crippen LogP contribution in [0.25, 0.3) is 11.0 Å². The number of nitrogens with zero attached hydrogens (tertiary/aromatic N) is 2. The van der Waals surface area contributed by atoms with E-state index in [1.807, 2.05) is 12.1 Å². The molecule has 2 unspecified atom stereocenters. The van der Waals surface area contributed by atoms with E-state index in [4.69, 9.17) is 16.3 Å². The molecule has 108 valence electrons. The molecule has 2 aromatic rings. The van der Waals surface area contributed by atoms with E-state index in [1.165, 1.54) is 0 Å². The normalized spacial score (nSPS) is 24.9. The monoisotopic (exact) mass is 356 g/mol. The molecule has 0 bridgehead atoms. The van der Waals surface area contributed by atoms with Crippen molar-refractivity contribution in [3.8, 4) is 0 Å². The lowest BCUT2D eigenvalue weighted by Crippen LogP contribution is -2.51. The van der Waals surface area contributed by atoms with Crippen LogP contribution in [0.15, 0.2) is 22.7 Å². The summed E-state index contributed by atoms with van der Waals surface area (Å²) in [6.45, 7) is 4.49. The summed E-state index contributed by atoms with van der Waals surface area (Å²) in [7, 11) is 1.79. The van der Waals surface area contributed by atoms with Gasteiger partial charge in [0.15, 0.2) is 0 Å². The molecule has 1 saturated carbocycles. The van der Waals surface area contributed by atoms with Gasteiger partial charge in [-0.15, -0.1) is 11.6 Å². The van der Waals surface area contributed by atoms with Crippen molar-refractivity contribution >= 4 is 38.6 Å². The fourth-order valence-corrected chi connectivity index (χ4v) is 3.80. The maximum Gasteiger partial charge on any atom is 0.125 e. The first-order valence-electron chi connectivity index (χ1n) is 6.74. The van der Waals surface area contributed by atoms with E-state index < -0.39 is 0 Å². The highest BCUT2D eigenvalue weighted by Gasteiger charge is 2.50. The van der Waals surface area contributed by atoms with E-state index in [-0.39, 0.29) is 5.41 Å². The quantitative estimate of drug-likeness (QED) is 0.755. The molecule has 5 heteroatoms. The Bertz CT molecular complexity index is 653. The Morgan fingerprint density at radius 1 is 1.50 bits per heavy atom. The first-order valence-corrected chi connectivity index (χ1v) is 8.07. The number of ether oxygens (including phenoxy) is 1. The molecule has 3 rings (SSSR count). The molecule has 1 aromatic heterocycles.